The average molecular weight is 597 g/mol. The Morgan fingerprint density at radius 1 is 0.977 bits per heavy atom. The molecule has 8 bridgehead atoms. The van der Waals surface area contributed by atoms with Gasteiger partial charge >= 0.3 is 17.9 Å². The van der Waals surface area contributed by atoms with E-state index in [0.717, 1.165) is 57.8 Å². The zero-order valence-corrected chi connectivity index (χ0v) is 26.2. The van der Waals surface area contributed by atoms with Crippen molar-refractivity contribution in [2.45, 2.75) is 134 Å². The molecule has 8 unspecified atom stereocenters. The molecule has 0 aromatic rings. The monoisotopic (exact) mass is 596 g/mol. The van der Waals surface area contributed by atoms with Crippen LogP contribution in [0.15, 0.2) is 0 Å². The molecule has 0 saturated heterocycles. The van der Waals surface area contributed by atoms with Crippen LogP contribution >= 0.6 is 0 Å². The van der Waals surface area contributed by atoms with Crippen LogP contribution in [-0.4, -0.2) is 51.5 Å². The van der Waals surface area contributed by atoms with Crippen LogP contribution < -0.4 is 0 Å². The van der Waals surface area contributed by atoms with Crippen molar-refractivity contribution in [3.63, 3.8) is 0 Å². The molecular weight excluding hydrogens is 548 g/mol. The van der Waals surface area contributed by atoms with Gasteiger partial charge in [-0.05, 0) is 82.5 Å². The fourth-order valence-electron chi connectivity index (χ4n) is 10.3. The Balaban J connectivity index is 0.000000173. The van der Waals surface area contributed by atoms with Crippen molar-refractivity contribution >= 4 is 17.9 Å². The highest BCUT2D eigenvalue weighted by Gasteiger charge is 2.69. The summed E-state index contributed by atoms with van der Waals surface area (Å²) >= 11 is 0. The number of aliphatic carboxylic acids is 1. The topological polar surface area (TPSA) is 138 Å². The molecule has 8 atom stereocenters. The number of aliphatic hydroxyl groups is 1. The zero-order valence-electron chi connectivity index (χ0n) is 26.2. The van der Waals surface area contributed by atoms with Crippen LogP contribution in [0, 0.1) is 57.8 Å². The predicted octanol–water partition coefficient (Wildman–Crippen LogP) is 5.84. The van der Waals surface area contributed by atoms with Gasteiger partial charge < -0.3 is 24.5 Å². The first-order valence-corrected chi connectivity index (χ1v) is 16.3. The van der Waals surface area contributed by atoms with E-state index in [-0.39, 0.29) is 24.4 Å². The first kappa shape index (κ1) is 31.8. The van der Waals surface area contributed by atoms with Crippen LogP contribution in [0.1, 0.15) is 118 Å². The normalized spacial score (nSPS) is 43.3. The number of hydrogen-bond donors (Lipinski definition) is 2. The number of carboxylic acid groups (broad SMARTS) is 1. The van der Waals surface area contributed by atoms with E-state index in [4.69, 9.17) is 16.0 Å². The van der Waals surface area contributed by atoms with E-state index in [1.165, 1.54) is 0 Å². The maximum Gasteiger partial charge on any atom is 0.314 e. The molecule has 2 N–H and O–H groups in total. The number of hydrogen-bond acceptors (Lipinski definition) is 7. The number of nitriles is 1. The van der Waals surface area contributed by atoms with Crippen LogP contribution in [0.25, 0.3) is 4.85 Å². The largest absolute Gasteiger partial charge is 0.481 e. The van der Waals surface area contributed by atoms with E-state index in [0.29, 0.717) is 43.9 Å². The lowest BCUT2D eigenvalue weighted by atomic mass is 9.45. The van der Waals surface area contributed by atoms with Gasteiger partial charge in [-0.25, -0.2) is 6.57 Å². The van der Waals surface area contributed by atoms with Crippen LogP contribution in [-0.2, 0) is 23.9 Å². The number of carbonyl (C=O) groups is 3. The molecule has 9 heteroatoms. The van der Waals surface area contributed by atoms with Crippen LogP contribution in [0.4, 0.5) is 0 Å². The summed E-state index contributed by atoms with van der Waals surface area (Å²) in [4.78, 5) is 40.4. The molecule has 8 aliphatic carbocycles. The summed E-state index contributed by atoms with van der Waals surface area (Å²) in [5, 5.41) is 28.9. The number of carboxylic acids is 1. The molecule has 0 aromatic carbocycles. The van der Waals surface area contributed by atoms with E-state index < -0.39 is 44.9 Å². The van der Waals surface area contributed by atoms with Gasteiger partial charge in [-0.2, -0.15) is 5.26 Å². The summed E-state index contributed by atoms with van der Waals surface area (Å²) in [6, 6.07) is 2.45. The number of ether oxygens (including phenoxy) is 2. The molecule has 0 aromatic heterocycles. The Hall–Kier alpha value is -2.65. The standard InChI is InChI=1S/C18H24N2O3.C16H24O4/c1-4-15(2,12-21)14(22)23-18-7-13-5-16(9-18,11-19)8-17(6-13,10-18)20-3;1-3-10(2)13(17)20-16-7-11-4-12(8-16)6-15(5-11,9-16)14(18)19/h13,21H,4-10,12H2,1-2H3;10-12H,3-9H2,1-2H3,(H,18,19). The Morgan fingerprint density at radius 3 is 2.16 bits per heavy atom. The number of carbonyl (C=O) groups excluding carboxylic acids is 2. The summed E-state index contributed by atoms with van der Waals surface area (Å²) in [7, 11) is 0. The molecule has 0 radical (unpaired) electrons. The highest BCUT2D eigenvalue weighted by atomic mass is 16.6. The minimum absolute atomic E-state index is 0.0937. The number of nitrogens with zero attached hydrogens (tertiary/aromatic N) is 2. The highest BCUT2D eigenvalue weighted by molar-refractivity contribution is 5.77. The van der Waals surface area contributed by atoms with E-state index in [1.54, 1.807) is 6.92 Å². The van der Waals surface area contributed by atoms with Crippen molar-refractivity contribution in [2.24, 2.45) is 39.9 Å². The number of rotatable bonds is 8. The van der Waals surface area contributed by atoms with Gasteiger partial charge in [0.15, 0.2) is 0 Å². The molecule has 8 saturated carbocycles. The molecule has 236 valence electrons. The lowest BCUT2D eigenvalue weighted by Gasteiger charge is -2.59. The second-order valence-electron chi connectivity index (χ2n) is 15.8. The highest BCUT2D eigenvalue weighted by Crippen LogP contribution is 2.66. The van der Waals surface area contributed by atoms with Crippen molar-refractivity contribution < 1.29 is 34.1 Å². The molecule has 8 aliphatic rings. The molecule has 0 heterocycles. The smallest absolute Gasteiger partial charge is 0.314 e. The lowest BCUT2D eigenvalue weighted by Crippen LogP contribution is -2.63. The molecule has 43 heavy (non-hydrogen) atoms. The van der Waals surface area contributed by atoms with Gasteiger partial charge in [0.1, 0.15) is 11.2 Å². The molecular formula is C34H48N2O7. The fourth-order valence-corrected chi connectivity index (χ4v) is 10.3. The van der Waals surface area contributed by atoms with Gasteiger partial charge in [0.25, 0.3) is 0 Å². The van der Waals surface area contributed by atoms with Gasteiger partial charge in [-0.1, -0.05) is 20.8 Å². The minimum atomic E-state index is -0.908. The van der Waals surface area contributed by atoms with Crippen molar-refractivity contribution in [1.29, 1.82) is 5.26 Å². The van der Waals surface area contributed by atoms with Crippen LogP contribution in [0.5, 0.6) is 0 Å². The minimum Gasteiger partial charge on any atom is -0.481 e. The third kappa shape index (κ3) is 5.45. The summed E-state index contributed by atoms with van der Waals surface area (Å²) in [6.07, 6.45) is 10.3. The zero-order chi connectivity index (χ0) is 31.5. The summed E-state index contributed by atoms with van der Waals surface area (Å²) in [5.74, 6) is -0.170. The van der Waals surface area contributed by atoms with Crippen LogP contribution in [0.3, 0.4) is 0 Å². The Bertz CT molecular complexity index is 1200. The Morgan fingerprint density at radius 2 is 1.63 bits per heavy atom. The summed E-state index contributed by atoms with van der Waals surface area (Å²) in [5.41, 5.74) is -3.77. The number of aliphatic hydroxyl groups excluding tert-OH is 1. The fraction of sp³-hybridized carbons (Fsp3) is 0.853. The molecule has 9 nitrogen and oxygen atoms in total. The Labute approximate surface area is 255 Å². The molecule has 0 aliphatic heterocycles. The number of esters is 2. The van der Waals surface area contributed by atoms with Crippen molar-refractivity contribution in [2.75, 3.05) is 6.61 Å². The first-order valence-electron chi connectivity index (χ1n) is 16.3. The molecule has 8 fully saturated rings. The van der Waals surface area contributed by atoms with E-state index in [9.17, 15) is 29.9 Å². The second kappa shape index (κ2) is 10.8. The SMILES string of the molecule is CCC(C)C(=O)OC12CC3CC(C1)CC(C(=O)O)(C3)C2.[C-]#[N+]C12CC3CC(C#N)(C1)CC(OC(=O)C(C)(CC)CO)(C3)C2. The third-order valence-corrected chi connectivity index (χ3v) is 12.2. The summed E-state index contributed by atoms with van der Waals surface area (Å²) < 4.78 is 11.8. The van der Waals surface area contributed by atoms with Gasteiger partial charge in [0.2, 0.25) is 5.54 Å². The van der Waals surface area contributed by atoms with Crippen molar-refractivity contribution in [3.05, 3.63) is 11.4 Å². The Kier molecular flexibility index (Phi) is 7.95. The quantitative estimate of drug-likeness (QED) is 0.263. The first-order chi connectivity index (χ1) is 20.2. The molecule has 0 amide bonds. The van der Waals surface area contributed by atoms with Gasteiger partial charge in [0, 0.05) is 25.7 Å². The average Bonchev–Trinajstić information content (AvgIpc) is 2.94. The lowest BCUT2D eigenvalue weighted by molar-refractivity contribution is -0.212. The second-order valence-corrected chi connectivity index (χ2v) is 15.8. The van der Waals surface area contributed by atoms with Crippen molar-refractivity contribution in [3.8, 4) is 6.07 Å². The maximum absolute atomic E-state index is 12.7. The molecule has 8 rings (SSSR count). The summed E-state index contributed by atoms with van der Waals surface area (Å²) in [6.45, 7) is 14.8. The third-order valence-electron chi connectivity index (χ3n) is 12.2. The maximum atomic E-state index is 12.7. The van der Waals surface area contributed by atoms with Crippen LogP contribution in [0.2, 0.25) is 0 Å². The van der Waals surface area contributed by atoms with Gasteiger partial charge in [-0.15, -0.1) is 0 Å². The van der Waals surface area contributed by atoms with E-state index >= 15 is 0 Å². The van der Waals surface area contributed by atoms with E-state index in [1.807, 2.05) is 20.8 Å². The molecule has 0 spiro atoms. The van der Waals surface area contributed by atoms with Crippen molar-refractivity contribution in [1.82, 2.24) is 0 Å². The van der Waals surface area contributed by atoms with Gasteiger partial charge in [0.05, 0.1) is 41.3 Å². The van der Waals surface area contributed by atoms with Gasteiger partial charge in [-0.3, -0.25) is 14.4 Å². The van der Waals surface area contributed by atoms with E-state index in [2.05, 4.69) is 10.9 Å². The predicted molar refractivity (Wildman–Crippen MR) is 156 cm³/mol.